The molecule has 2 fully saturated rings. The van der Waals surface area contributed by atoms with Crippen LogP contribution in [0.5, 0.6) is 0 Å². The van der Waals surface area contributed by atoms with Crippen LogP contribution in [0.4, 0.5) is 19.0 Å². The van der Waals surface area contributed by atoms with Gasteiger partial charge in [0, 0.05) is 80.7 Å². The van der Waals surface area contributed by atoms with E-state index in [9.17, 15) is 23.2 Å². The van der Waals surface area contributed by atoms with Crippen LogP contribution in [-0.4, -0.2) is 93.2 Å². The number of hydrogen-bond donors (Lipinski definition) is 1. The second-order valence-electron chi connectivity index (χ2n) is 12.7. The average Bonchev–Trinajstić information content (AvgIpc) is 3.65. The van der Waals surface area contributed by atoms with Crippen molar-refractivity contribution >= 4 is 44.2 Å². The Hall–Kier alpha value is -3.99. The molecule has 1 aromatic carbocycles. The summed E-state index contributed by atoms with van der Waals surface area (Å²) in [6.07, 6.45) is 2.39. The second kappa shape index (κ2) is 14.6. The Balaban J connectivity index is 1.05. The molecule has 0 radical (unpaired) electrons. The number of carbonyl (C=O) groups excluding carboxylic acids is 1. The maximum absolute atomic E-state index is 12.9. The van der Waals surface area contributed by atoms with Crippen molar-refractivity contribution in [3.63, 3.8) is 0 Å². The molecule has 0 spiro atoms. The zero-order chi connectivity index (χ0) is 33.8. The molecule has 1 N–H and O–H groups in total. The number of benzene rings is 1. The van der Waals surface area contributed by atoms with Crippen molar-refractivity contribution in [3.8, 4) is 6.07 Å². The van der Waals surface area contributed by atoms with E-state index in [-0.39, 0.29) is 16.8 Å². The number of allylic oxidation sites excluding steroid dienone is 1. The fourth-order valence-electron chi connectivity index (χ4n) is 6.76. The van der Waals surface area contributed by atoms with Crippen LogP contribution in [-0.2, 0) is 24.3 Å². The monoisotopic (exact) mass is 678 g/mol. The summed E-state index contributed by atoms with van der Waals surface area (Å²) in [5, 5.41) is 15.2. The number of piperazine rings is 1. The summed E-state index contributed by atoms with van der Waals surface area (Å²) in [6, 6.07) is 10.5. The first-order valence-corrected chi connectivity index (χ1v) is 17.4. The van der Waals surface area contributed by atoms with E-state index in [2.05, 4.69) is 54.8 Å². The van der Waals surface area contributed by atoms with E-state index in [1.807, 2.05) is 24.0 Å². The van der Waals surface area contributed by atoms with Gasteiger partial charge < -0.3 is 14.8 Å². The number of alkyl halides is 3. The number of thiophene rings is 1. The molecular weight excluding hydrogens is 638 g/mol. The van der Waals surface area contributed by atoms with E-state index in [1.54, 1.807) is 12.1 Å². The SMILES string of the molecule is CC/C=C/C(=O)N1CCN(CCn2c(C#N)cc3c(C)c(CN4CCC(Nc5ncnc6sc(CC(F)(F)F)cc56)CC4)ccc32)CC1. The summed E-state index contributed by atoms with van der Waals surface area (Å²) in [6.45, 7) is 11.3. The number of amides is 1. The molecular formula is C35H41F3N8OS. The molecule has 2 aliphatic rings. The molecule has 0 saturated carbocycles. The van der Waals surface area contributed by atoms with Crippen LogP contribution in [0.3, 0.4) is 0 Å². The highest BCUT2D eigenvalue weighted by atomic mass is 32.1. The normalized spacial score (nSPS) is 17.1. The highest BCUT2D eigenvalue weighted by Gasteiger charge is 2.29. The molecule has 0 bridgehead atoms. The summed E-state index contributed by atoms with van der Waals surface area (Å²) in [4.78, 5) is 28.4. The number of likely N-dealkylation sites (tertiary alicyclic amines) is 1. The quantitative estimate of drug-likeness (QED) is 0.202. The maximum atomic E-state index is 12.9. The van der Waals surface area contributed by atoms with Crippen LogP contribution in [0.25, 0.3) is 21.1 Å². The molecule has 2 saturated heterocycles. The van der Waals surface area contributed by atoms with Crippen LogP contribution in [0.15, 0.2) is 42.7 Å². The molecule has 4 aromatic rings. The molecule has 48 heavy (non-hydrogen) atoms. The van der Waals surface area contributed by atoms with Crippen molar-refractivity contribution in [1.82, 2.24) is 29.2 Å². The fourth-order valence-corrected chi connectivity index (χ4v) is 7.78. The number of aromatic nitrogens is 3. The third-order valence-electron chi connectivity index (χ3n) is 9.48. The molecule has 0 atom stereocenters. The van der Waals surface area contributed by atoms with Gasteiger partial charge in [-0.05, 0) is 61.6 Å². The Morgan fingerprint density at radius 3 is 2.54 bits per heavy atom. The van der Waals surface area contributed by atoms with Crippen molar-refractivity contribution in [3.05, 3.63) is 64.4 Å². The van der Waals surface area contributed by atoms with Crippen molar-refractivity contribution < 1.29 is 18.0 Å². The number of nitrogens with zero attached hydrogens (tertiary/aromatic N) is 7. The zero-order valence-corrected chi connectivity index (χ0v) is 28.2. The largest absolute Gasteiger partial charge is 0.393 e. The number of aryl methyl sites for hydroxylation is 1. The fraction of sp³-hybridized carbons (Fsp3) is 0.486. The lowest BCUT2D eigenvalue weighted by Gasteiger charge is -2.34. The number of fused-ring (bicyclic) bond motifs is 2. The Bertz CT molecular complexity index is 1830. The van der Waals surface area contributed by atoms with Crippen molar-refractivity contribution in [2.45, 2.75) is 64.8 Å². The Morgan fingerprint density at radius 1 is 1.06 bits per heavy atom. The molecule has 6 rings (SSSR count). The number of nitrogens with one attached hydrogen (secondary N) is 1. The highest BCUT2D eigenvalue weighted by molar-refractivity contribution is 7.18. The lowest BCUT2D eigenvalue weighted by molar-refractivity contribution is -0.128. The van der Waals surface area contributed by atoms with Crippen LogP contribution in [0, 0.1) is 18.3 Å². The van der Waals surface area contributed by atoms with Crippen LogP contribution in [0.1, 0.15) is 47.9 Å². The Labute approximate surface area is 282 Å². The van der Waals surface area contributed by atoms with Gasteiger partial charge in [-0.2, -0.15) is 18.4 Å². The average molecular weight is 679 g/mol. The summed E-state index contributed by atoms with van der Waals surface area (Å²) in [7, 11) is 0. The summed E-state index contributed by atoms with van der Waals surface area (Å²) in [5.74, 6) is 0.678. The molecule has 9 nitrogen and oxygen atoms in total. The van der Waals surface area contributed by atoms with Crippen LogP contribution < -0.4 is 5.32 Å². The molecule has 254 valence electrons. The van der Waals surface area contributed by atoms with E-state index in [0.717, 1.165) is 80.8 Å². The number of rotatable bonds is 10. The first-order valence-electron chi connectivity index (χ1n) is 16.6. The Morgan fingerprint density at radius 2 is 1.83 bits per heavy atom. The van der Waals surface area contributed by atoms with E-state index >= 15 is 0 Å². The maximum Gasteiger partial charge on any atom is 0.393 e. The summed E-state index contributed by atoms with van der Waals surface area (Å²) in [5.41, 5.74) is 4.15. The molecule has 13 heteroatoms. The highest BCUT2D eigenvalue weighted by Crippen LogP contribution is 2.33. The van der Waals surface area contributed by atoms with Crippen LogP contribution in [0.2, 0.25) is 0 Å². The van der Waals surface area contributed by atoms with E-state index in [4.69, 9.17) is 0 Å². The van der Waals surface area contributed by atoms with Crippen molar-refractivity contribution in [2.24, 2.45) is 0 Å². The molecule has 3 aromatic heterocycles. The van der Waals surface area contributed by atoms with Gasteiger partial charge in [0.2, 0.25) is 5.91 Å². The van der Waals surface area contributed by atoms with Gasteiger partial charge >= 0.3 is 6.18 Å². The number of carbonyl (C=O) groups is 1. The molecule has 5 heterocycles. The standard InChI is InChI=1S/C35H41F3N8OS/c1-3-4-5-32(47)45-15-12-43(13-16-45)14-17-46-27(21-39)18-29-24(2)25(6-7-31(29)46)22-44-10-8-26(9-11-44)42-33-30-19-28(20-35(36,37)38)48-34(30)41-23-40-33/h4-7,18-19,23,26H,3,8-17,20,22H2,1-2H3,(H,40,41,42)/b5-4+. The van der Waals surface area contributed by atoms with E-state index < -0.39 is 12.6 Å². The van der Waals surface area contributed by atoms with Gasteiger partial charge in [0.1, 0.15) is 28.7 Å². The molecule has 0 unspecified atom stereocenters. The molecule has 1 amide bonds. The number of piperidine rings is 1. The lowest BCUT2D eigenvalue weighted by Crippen LogP contribution is -2.48. The van der Waals surface area contributed by atoms with Crippen molar-refractivity contribution in [2.75, 3.05) is 51.1 Å². The predicted molar refractivity (Wildman–Crippen MR) is 183 cm³/mol. The van der Waals surface area contributed by atoms with Gasteiger partial charge in [0.15, 0.2) is 0 Å². The van der Waals surface area contributed by atoms with Gasteiger partial charge in [0.25, 0.3) is 0 Å². The summed E-state index contributed by atoms with van der Waals surface area (Å²) < 4.78 is 41.0. The van der Waals surface area contributed by atoms with Crippen LogP contribution >= 0.6 is 11.3 Å². The lowest BCUT2D eigenvalue weighted by atomic mass is 10.0. The van der Waals surface area contributed by atoms with Gasteiger partial charge in [-0.1, -0.05) is 19.1 Å². The zero-order valence-electron chi connectivity index (χ0n) is 27.4. The number of anilines is 1. The summed E-state index contributed by atoms with van der Waals surface area (Å²) >= 11 is 1.07. The number of hydrogen-bond acceptors (Lipinski definition) is 8. The minimum Gasteiger partial charge on any atom is -0.367 e. The topological polar surface area (TPSA) is 93.3 Å². The first kappa shape index (κ1) is 33.9. The number of nitriles is 1. The number of halogens is 3. The smallest absolute Gasteiger partial charge is 0.367 e. The van der Waals surface area contributed by atoms with Gasteiger partial charge in [-0.25, -0.2) is 9.97 Å². The molecule has 0 aliphatic carbocycles. The predicted octanol–water partition coefficient (Wildman–Crippen LogP) is 6.12. The van der Waals surface area contributed by atoms with E-state index in [0.29, 0.717) is 41.4 Å². The van der Waals surface area contributed by atoms with Gasteiger partial charge in [-0.15, -0.1) is 11.3 Å². The third-order valence-corrected chi connectivity index (χ3v) is 10.5. The van der Waals surface area contributed by atoms with Gasteiger partial charge in [-0.3, -0.25) is 14.6 Å². The molecule has 2 aliphatic heterocycles. The van der Waals surface area contributed by atoms with Crippen molar-refractivity contribution in [1.29, 1.82) is 5.26 Å². The Kier molecular flexibility index (Phi) is 10.3. The first-order chi connectivity index (χ1) is 23.1. The van der Waals surface area contributed by atoms with Gasteiger partial charge in [0.05, 0.1) is 11.8 Å². The minimum atomic E-state index is -4.26. The minimum absolute atomic E-state index is 0.0815. The second-order valence-corrected chi connectivity index (χ2v) is 13.8. The van der Waals surface area contributed by atoms with E-state index in [1.165, 1.54) is 17.5 Å². The third kappa shape index (κ3) is 7.83.